The van der Waals surface area contributed by atoms with Gasteiger partial charge in [0.25, 0.3) is 5.56 Å². The van der Waals surface area contributed by atoms with Gasteiger partial charge in [0.2, 0.25) is 0 Å². The third kappa shape index (κ3) is 6.80. The molecule has 0 radical (unpaired) electrons. The fourth-order valence-corrected chi connectivity index (χ4v) is 9.80. The first-order valence-electron chi connectivity index (χ1n) is 15.6. The van der Waals surface area contributed by atoms with Crippen LogP contribution in [0.2, 0.25) is 0 Å². The number of thiol groups is 2. The maximum Gasteiger partial charge on any atom is 0.386 e. The minimum absolute atomic E-state index is 0.0195. The Morgan fingerprint density at radius 3 is 2.53 bits per heavy atom. The maximum absolute atomic E-state index is 16.4. The van der Waals surface area contributed by atoms with Crippen molar-refractivity contribution in [2.24, 2.45) is 0 Å². The molecule has 4 aliphatic heterocycles. The molecule has 2 bridgehead atoms. The first-order valence-corrected chi connectivity index (χ1v) is 21.9. The van der Waals surface area contributed by atoms with E-state index in [9.17, 15) is 19.0 Å². The number of imidazole rings is 1. The molecule has 0 saturated carbocycles. The fraction of sp³-hybridized carbons (Fsp3) is 0.577. The number of aryl methyl sites for hydroxylation is 1. The zero-order chi connectivity index (χ0) is 35.7. The Labute approximate surface area is 311 Å². The summed E-state index contributed by atoms with van der Waals surface area (Å²) in [5, 5.41) is 15.3. The third-order valence-corrected chi connectivity index (χ3v) is 12.7. The molecular formula is C26H30FIN8O11P2S2. The lowest BCUT2D eigenvalue weighted by molar-refractivity contribution is -0.0568. The van der Waals surface area contributed by atoms with Gasteiger partial charge in [0, 0.05) is 12.7 Å². The quantitative estimate of drug-likeness (QED) is 0.129. The fourth-order valence-electron chi connectivity index (χ4n) is 6.66. The lowest BCUT2D eigenvalue weighted by Gasteiger charge is -2.26. The number of anilines is 1. The number of hydrogen-bond acceptors (Lipinski definition) is 16. The van der Waals surface area contributed by atoms with Crippen LogP contribution in [0.25, 0.3) is 22.2 Å². The van der Waals surface area contributed by atoms with Crippen LogP contribution in [0.1, 0.15) is 24.4 Å². The Hall–Kier alpha value is -1.73. The van der Waals surface area contributed by atoms with Crippen LogP contribution in [0.5, 0.6) is 0 Å². The van der Waals surface area contributed by atoms with Crippen molar-refractivity contribution in [3.63, 3.8) is 0 Å². The van der Waals surface area contributed by atoms with Crippen LogP contribution >= 0.6 is 61.1 Å². The molecule has 0 unspecified atom stereocenters. The van der Waals surface area contributed by atoms with Gasteiger partial charge in [-0.05, 0) is 18.4 Å². The van der Waals surface area contributed by atoms with Gasteiger partial charge in [0.1, 0.15) is 77.6 Å². The second kappa shape index (κ2) is 14.2. The molecule has 0 spiro atoms. The van der Waals surface area contributed by atoms with Crippen LogP contribution in [0.3, 0.4) is 0 Å². The number of alkyl halides is 1. The summed E-state index contributed by atoms with van der Waals surface area (Å²) in [4.78, 5) is 30.3. The van der Waals surface area contributed by atoms with Crippen molar-refractivity contribution in [1.82, 2.24) is 33.6 Å². The molecule has 19 nitrogen and oxygen atoms in total. The van der Waals surface area contributed by atoms with Gasteiger partial charge in [0.15, 0.2) is 29.8 Å². The number of halogens is 2. The first-order chi connectivity index (χ1) is 24.4. The molecule has 0 aromatic carbocycles. The van der Waals surface area contributed by atoms with Gasteiger partial charge in [0.05, 0.1) is 38.1 Å². The van der Waals surface area contributed by atoms with Gasteiger partial charge >= 0.3 is 13.6 Å². The monoisotopic (exact) mass is 902 g/mol. The van der Waals surface area contributed by atoms with Crippen LogP contribution < -0.4 is 10.9 Å². The van der Waals surface area contributed by atoms with Crippen molar-refractivity contribution in [2.45, 2.75) is 68.5 Å². The van der Waals surface area contributed by atoms with Gasteiger partial charge in [-0.15, -0.1) is 0 Å². The van der Waals surface area contributed by atoms with Crippen molar-refractivity contribution in [3.05, 3.63) is 41.1 Å². The Morgan fingerprint density at radius 1 is 1.00 bits per heavy atom. The normalized spacial score (nSPS) is 35.9. The summed E-state index contributed by atoms with van der Waals surface area (Å²) in [6, 6.07) is 0. The van der Waals surface area contributed by atoms with Crippen molar-refractivity contribution in [3.8, 4) is 0 Å². The molecule has 3 fully saturated rings. The average Bonchev–Trinajstić information content (AvgIpc) is 3.80. The van der Waals surface area contributed by atoms with Crippen LogP contribution in [0.4, 0.5) is 10.2 Å². The van der Waals surface area contributed by atoms with Crippen LogP contribution in [0.15, 0.2) is 30.0 Å². The largest absolute Gasteiger partial charge is 0.387 e. The molecule has 4 aliphatic rings. The van der Waals surface area contributed by atoms with E-state index in [-0.39, 0.29) is 24.3 Å². The third-order valence-electron chi connectivity index (χ3n) is 9.00. The van der Waals surface area contributed by atoms with E-state index < -0.39 is 81.5 Å². The molecule has 0 aliphatic carbocycles. The van der Waals surface area contributed by atoms with Crippen molar-refractivity contribution < 1.29 is 49.3 Å². The molecule has 4 aromatic heterocycles. The van der Waals surface area contributed by atoms with E-state index >= 15 is 4.39 Å². The number of aliphatic hydroxyl groups is 1. The van der Waals surface area contributed by atoms with Gasteiger partial charge in [-0.25, -0.2) is 33.5 Å². The number of hydrogen-bond donors (Lipinski definition) is 4. The first kappa shape index (κ1) is 36.3. The summed E-state index contributed by atoms with van der Waals surface area (Å²) in [5.74, 6) is 0.610. The molecule has 8 rings (SSSR count). The number of nitrogens with one attached hydrogen (secondary N) is 1. The molecule has 4 aromatic rings. The SMILES string of the molecule is O=c1c2ncn([C@@H]3O[C@@H]4CO[P@@](=O)(S)O[C@H]5[C@@H](F)[C@H](n6cc7c8c(ncnc86)NCCC7)O[C@@H]5CO[P@@](=O)(S)O[C@@H]3[C@@H]4O)c2ncn1CCOI. The Balaban J connectivity index is 1.09. The maximum atomic E-state index is 16.4. The summed E-state index contributed by atoms with van der Waals surface area (Å²) in [5.41, 5.74) is 0.880. The van der Waals surface area contributed by atoms with Gasteiger partial charge in [-0.2, -0.15) is 0 Å². The molecule has 276 valence electrons. The molecule has 0 amide bonds. The number of fused-ring (bicyclic) bond motifs is 4. The van der Waals surface area contributed by atoms with Crippen molar-refractivity contribution in [2.75, 3.05) is 31.7 Å². The molecule has 8 heterocycles. The summed E-state index contributed by atoms with van der Waals surface area (Å²) in [6.45, 7) is -8.82. The lowest BCUT2D eigenvalue weighted by atomic mass is 10.1. The Morgan fingerprint density at radius 2 is 1.75 bits per heavy atom. The summed E-state index contributed by atoms with van der Waals surface area (Å²) in [7, 11) is 0. The second-order valence-electron chi connectivity index (χ2n) is 12.1. The highest BCUT2D eigenvalue weighted by Crippen LogP contribution is 2.60. The topological polar surface area (TPSA) is 214 Å². The summed E-state index contributed by atoms with van der Waals surface area (Å²) >= 11 is 9.95. The average molecular weight is 903 g/mol. The summed E-state index contributed by atoms with van der Waals surface area (Å²) in [6.07, 6.45) is -4.72. The highest BCUT2D eigenvalue weighted by molar-refractivity contribution is 14.1. The summed E-state index contributed by atoms with van der Waals surface area (Å²) < 4.78 is 87.6. The minimum Gasteiger partial charge on any atom is -0.387 e. The van der Waals surface area contributed by atoms with E-state index in [0.29, 0.717) is 24.4 Å². The number of aliphatic hydroxyl groups excluding tert-OH is 1. The molecule has 3 saturated heterocycles. The highest BCUT2D eigenvalue weighted by Gasteiger charge is 2.54. The van der Waals surface area contributed by atoms with E-state index in [1.165, 1.54) is 32.7 Å². The number of nitrogens with zero attached hydrogens (tertiary/aromatic N) is 7. The van der Waals surface area contributed by atoms with E-state index in [1.807, 2.05) is 0 Å². The van der Waals surface area contributed by atoms with E-state index in [0.717, 1.165) is 17.4 Å². The predicted octanol–water partition coefficient (Wildman–Crippen LogP) is 3.15. The Bertz CT molecular complexity index is 2130. The van der Waals surface area contributed by atoms with Crippen LogP contribution in [0, 0.1) is 0 Å². The minimum atomic E-state index is -4.40. The van der Waals surface area contributed by atoms with E-state index in [4.69, 9.17) is 30.6 Å². The smallest absolute Gasteiger partial charge is 0.386 e. The van der Waals surface area contributed by atoms with Crippen molar-refractivity contribution in [1.29, 1.82) is 0 Å². The molecule has 10 atom stereocenters. The van der Waals surface area contributed by atoms with E-state index in [1.54, 1.807) is 29.2 Å². The molecule has 2 N–H and O–H groups in total. The second-order valence-corrected chi connectivity index (χ2v) is 18.5. The molecule has 51 heavy (non-hydrogen) atoms. The lowest BCUT2D eigenvalue weighted by Crippen LogP contribution is -2.35. The van der Waals surface area contributed by atoms with Gasteiger partial charge in [-0.1, -0.05) is 24.5 Å². The van der Waals surface area contributed by atoms with Crippen LogP contribution in [-0.2, 0) is 52.7 Å². The zero-order valence-electron chi connectivity index (χ0n) is 26.1. The van der Waals surface area contributed by atoms with Gasteiger partial charge < -0.3 is 27.5 Å². The number of aromatic nitrogens is 7. The van der Waals surface area contributed by atoms with Crippen molar-refractivity contribution >= 4 is 89.1 Å². The molecule has 25 heteroatoms. The molecular weight excluding hydrogens is 872 g/mol. The number of rotatable bonds is 5. The van der Waals surface area contributed by atoms with E-state index in [2.05, 4.69) is 49.7 Å². The van der Waals surface area contributed by atoms with Gasteiger partial charge in [-0.3, -0.25) is 32.0 Å². The standard InChI is InChI=1S/C26H30FIN8O11P2S2/c27-16-19-14(45-25(16)35-6-12-2-1-3-29-21-15(12)22(35)31-9-30-21)8-43-49(40,51)47-20-18(37)13(7-42-48(39,50)46-19)44-26(20)36-11-32-17-23(36)33-10-34(24(17)38)4-5-41-28/h6,9-11,13-14,16,18-20,25-26,37H,1-5,7-8H2,(H,39,50)(H,40,51)(H,29,30,31)/t13-,14-,16-,18-,19-,20-,25-,26-,48-,49-/m1/s1. The highest BCUT2D eigenvalue weighted by atomic mass is 127. The number of ether oxygens (including phenoxy) is 2. The van der Waals surface area contributed by atoms with Crippen LogP contribution in [-0.4, -0.2) is 102 Å². The predicted molar refractivity (Wildman–Crippen MR) is 190 cm³/mol. The Kier molecular flexibility index (Phi) is 10.1. The zero-order valence-corrected chi connectivity index (χ0v) is 31.8.